The maximum Gasteiger partial charge on any atom is -0.0151 e. The van der Waals surface area contributed by atoms with Gasteiger partial charge in [-0.25, -0.2) is 0 Å². The zero-order valence-electron chi connectivity index (χ0n) is 2.17. The third-order valence-electron chi connectivity index (χ3n) is 0. The fraction of sp³-hybridized carbons (Fsp3) is 0. The van der Waals surface area contributed by atoms with Gasteiger partial charge in [0.1, 0.15) is 0 Å². The highest BCUT2D eigenvalue weighted by Crippen LogP contribution is 1.50. The Morgan fingerprint density at radius 2 is 1.80 bits per heavy atom. The Hall–Kier alpha value is -0.510. The molecule has 32 valence electrons. The lowest BCUT2D eigenvalue weighted by Gasteiger charge is -1.76. The van der Waals surface area contributed by atoms with Gasteiger partial charge >= 0.3 is 0 Å². The first-order valence-electron chi connectivity index (χ1n) is 0.589. The van der Waals surface area contributed by atoms with Gasteiger partial charge in [0.25, 0.3) is 0 Å². The van der Waals surface area contributed by atoms with E-state index >= 15 is 0 Å². The van der Waals surface area contributed by atoms with Crippen molar-refractivity contribution in [1.29, 1.82) is 0 Å². The summed E-state index contributed by atoms with van der Waals surface area (Å²) in [5.41, 5.74) is 0. The van der Waals surface area contributed by atoms with Crippen molar-refractivity contribution in [2.75, 3.05) is 0 Å². The molecule has 0 saturated heterocycles. The second kappa shape index (κ2) is 3.49. The molecule has 0 fully saturated rings. The van der Waals surface area contributed by atoms with Crippen LogP contribution in [-0.4, -0.2) is 5.03 Å². The molecule has 0 radical (unpaired) electrons. The minimum atomic E-state index is -1.25. The van der Waals surface area contributed by atoms with Crippen molar-refractivity contribution in [2.24, 2.45) is 0 Å². The number of hydrogen-bond donors (Lipinski definition) is 0. The second-order valence-corrected chi connectivity index (χ2v) is 0.257. The van der Waals surface area contributed by atoms with Crippen molar-refractivity contribution in [3.63, 3.8) is 0 Å². The normalized spacial score (nSPS) is 4.80. The van der Waals surface area contributed by atoms with Crippen molar-refractivity contribution in [1.82, 2.24) is 0 Å². The van der Waals surface area contributed by atoms with Crippen LogP contribution < -0.4 is 0 Å². The average Bonchev–Trinajstić information content (AvgIpc) is 0.811. The lowest BCUT2D eigenvalue weighted by molar-refractivity contribution is -0.403. The molecule has 0 spiro atoms. The van der Waals surface area contributed by atoms with Gasteiger partial charge in [0, 0.05) is 0 Å². The fourth-order valence-corrected chi connectivity index (χ4v) is 0. The molecule has 0 aromatic rings. The van der Waals surface area contributed by atoms with Gasteiger partial charge in [-0.1, -0.05) is 0 Å². The molecule has 0 unspecified atom stereocenters. The number of nitro groups is 1. The van der Waals surface area contributed by atoms with Crippen molar-refractivity contribution < 1.29 is 5.03 Å². The van der Waals surface area contributed by atoms with Gasteiger partial charge in [-0.2, -0.15) is 0 Å². The molecule has 0 saturated carbocycles. The quantitative estimate of drug-likeness (QED) is 0.329. The molecule has 1 N–H and O–H groups in total. The van der Waals surface area contributed by atoms with E-state index in [0.29, 0.717) is 0 Å². The van der Waals surface area contributed by atoms with Gasteiger partial charge < -0.3 is 5.84 Å². The predicted molar refractivity (Wildman–Crippen MR) is 18.6 cm³/mol. The van der Waals surface area contributed by atoms with Crippen molar-refractivity contribution in [3.8, 4) is 0 Å². The van der Waals surface area contributed by atoms with Crippen LogP contribution in [0.25, 0.3) is 5.84 Å². The number of hydrogen-bond acceptors (Lipinski definition) is 2. The Morgan fingerprint density at radius 1 is 1.80 bits per heavy atom. The largest absolute Gasteiger partial charge is 0.393 e. The summed E-state index contributed by atoms with van der Waals surface area (Å²) in [6.45, 7) is 0. The minimum Gasteiger partial charge on any atom is -0.393 e. The smallest absolute Gasteiger partial charge is 0.0151 e. The van der Waals surface area contributed by atoms with Crippen LogP contribution in [0.15, 0.2) is 0 Å². The Kier molecular flexibility index (Phi) is 6.16. The SMILES string of the molecule is Cl.[NH-][N+](=O)[O-]. The number of halogens is 1. The molecule has 0 heterocycles. The summed E-state index contributed by atoms with van der Waals surface area (Å²) in [5, 5.41) is 7.22. The first-order chi connectivity index (χ1) is 1.73. The molecule has 0 amide bonds. The molecule has 0 aliphatic carbocycles. The molecular weight excluding hydrogens is 95.5 g/mol. The zero-order valence-corrected chi connectivity index (χ0v) is 2.99. The van der Waals surface area contributed by atoms with E-state index in [9.17, 15) is 0 Å². The molecule has 0 atom stereocenters. The van der Waals surface area contributed by atoms with E-state index in [1.807, 2.05) is 0 Å². The van der Waals surface area contributed by atoms with Crippen LogP contribution in [0.3, 0.4) is 0 Å². The summed E-state index contributed by atoms with van der Waals surface area (Å²) >= 11 is 0. The van der Waals surface area contributed by atoms with Gasteiger partial charge in [0.05, 0.1) is 0 Å². The molecule has 0 aliphatic heterocycles. The molecule has 5 heteroatoms. The Labute approximate surface area is 34.5 Å². The molecule has 0 bridgehead atoms. The van der Waals surface area contributed by atoms with Crippen LogP contribution in [-0.2, 0) is 0 Å². The summed E-state index contributed by atoms with van der Waals surface area (Å²) < 4.78 is 0. The average molecular weight is 97.5 g/mol. The molecule has 4 nitrogen and oxygen atoms in total. The number of nitrogens with one attached hydrogen (secondary N) is 1. The van der Waals surface area contributed by atoms with Gasteiger partial charge in [-0.15, -0.1) is 12.4 Å². The predicted octanol–water partition coefficient (Wildman–Crippen LogP) is 0.652. The number of rotatable bonds is 0. The van der Waals surface area contributed by atoms with E-state index in [4.69, 9.17) is 16.0 Å². The van der Waals surface area contributed by atoms with Crippen molar-refractivity contribution in [3.05, 3.63) is 16.0 Å². The van der Waals surface area contributed by atoms with Crippen LogP contribution in [0.1, 0.15) is 0 Å². The summed E-state index contributed by atoms with van der Waals surface area (Å²) in [5.74, 6) is 5.31. The van der Waals surface area contributed by atoms with Gasteiger partial charge in [0.15, 0.2) is 0 Å². The summed E-state index contributed by atoms with van der Waals surface area (Å²) in [7, 11) is 0. The first-order valence-corrected chi connectivity index (χ1v) is 0.589. The zero-order chi connectivity index (χ0) is 3.58. The summed E-state index contributed by atoms with van der Waals surface area (Å²) in [4.78, 5) is 8.47. The second-order valence-electron chi connectivity index (χ2n) is 0.257. The van der Waals surface area contributed by atoms with Crippen molar-refractivity contribution in [2.45, 2.75) is 0 Å². The van der Waals surface area contributed by atoms with E-state index in [1.165, 1.54) is 0 Å². The maximum atomic E-state index is 8.47. The third-order valence-corrected chi connectivity index (χ3v) is 0. The first kappa shape index (κ1) is 8.82. The highest BCUT2D eigenvalue weighted by atomic mass is 35.5. The Balaban J connectivity index is 0. The lowest BCUT2D eigenvalue weighted by Crippen LogP contribution is -1.70. The monoisotopic (exact) mass is 97.0 g/mol. The van der Waals surface area contributed by atoms with Gasteiger partial charge in [0.2, 0.25) is 0 Å². The lowest BCUT2D eigenvalue weighted by atomic mass is 12.8. The van der Waals surface area contributed by atoms with Gasteiger partial charge in [-0.3, -0.25) is 10.1 Å². The molecule has 0 rings (SSSR count). The van der Waals surface area contributed by atoms with Gasteiger partial charge in [-0.05, 0) is 5.03 Å². The Bertz CT molecular complexity index is 30.6. The number of nitrogens with zero attached hydrogens (tertiary/aromatic N) is 1. The highest BCUT2D eigenvalue weighted by molar-refractivity contribution is 5.85. The molecule has 0 aromatic carbocycles. The molecular formula is H2ClN2O2-. The summed E-state index contributed by atoms with van der Waals surface area (Å²) in [6, 6.07) is 0. The van der Waals surface area contributed by atoms with E-state index < -0.39 is 5.03 Å². The van der Waals surface area contributed by atoms with Crippen LogP contribution >= 0.6 is 12.4 Å². The van der Waals surface area contributed by atoms with E-state index in [-0.39, 0.29) is 12.4 Å². The Morgan fingerprint density at radius 3 is 1.80 bits per heavy atom. The molecule has 0 aromatic heterocycles. The van der Waals surface area contributed by atoms with Crippen LogP contribution in [0.2, 0.25) is 0 Å². The van der Waals surface area contributed by atoms with E-state index in [2.05, 4.69) is 0 Å². The van der Waals surface area contributed by atoms with Crippen LogP contribution in [0, 0.1) is 10.1 Å². The third kappa shape index (κ3) is 29.8. The van der Waals surface area contributed by atoms with Crippen LogP contribution in [0.4, 0.5) is 0 Å². The fourth-order valence-electron chi connectivity index (χ4n) is 0. The topological polar surface area (TPSA) is 66.9 Å². The van der Waals surface area contributed by atoms with Crippen LogP contribution in [0.5, 0.6) is 0 Å². The standard InChI is InChI=1S/ClH.HN2O2/c;1-2(3)4/h1H;1H/q;-1. The van der Waals surface area contributed by atoms with E-state index in [1.54, 1.807) is 0 Å². The van der Waals surface area contributed by atoms with E-state index in [0.717, 1.165) is 0 Å². The molecule has 0 aliphatic rings. The molecule has 5 heavy (non-hydrogen) atoms. The van der Waals surface area contributed by atoms with Crippen molar-refractivity contribution >= 4 is 12.4 Å². The highest BCUT2D eigenvalue weighted by Gasteiger charge is 1.42. The minimum absolute atomic E-state index is 0. The summed E-state index contributed by atoms with van der Waals surface area (Å²) in [6.07, 6.45) is 0. The maximum absolute atomic E-state index is 8.47.